The van der Waals surface area contributed by atoms with Crippen molar-refractivity contribution in [3.8, 4) is 0 Å². The van der Waals surface area contributed by atoms with Crippen molar-refractivity contribution < 1.29 is 22.6 Å². The Labute approximate surface area is 119 Å². The minimum atomic E-state index is -1.72. The highest BCUT2D eigenvalue weighted by molar-refractivity contribution is 4.91. The van der Waals surface area contributed by atoms with Crippen LogP contribution >= 0.6 is 0 Å². The zero-order valence-corrected chi connectivity index (χ0v) is 12.3. The lowest BCUT2D eigenvalue weighted by molar-refractivity contribution is -0.130. The number of hydrogen-bond acceptors (Lipinski definition) is 2. The predicted molar refractivity (Wildman–Crippen MR) is 71.0 cm³/mol. The predicted octanol–water partition coefficient (Wildman–Crippen LogP) is 3.78. The molecule has 118 valence electrons. The van der Waals surface area contributed by atoms with Gasteiger partial charge in [0.15, 0.2) is 12.3 Å². The van der Waals surface area contributed by atoms with Crippen molar-refractivity contribution in [2.24, 2.45) is 5.92 Å². The molecule has 4 unspecified atom stereocenters. The number of hydrogen-bond donors (Lipinski definition) is 0. The van der Waals surface area contributed by atoms with Crippen molar-refractivity contribution in [1.29, 1.82) is 0 Å². The molecule has 0 spiro atoms. The lowest BCUT2D eigenvalue weighted by Gasteiger charge is -2.37. The quantitative estimate of drug-likeness (QED) is 0.785. The number of halogens is 3. The summed E-state index contributed by atoms with van der Waals surface area (Å²) < 4.78 is 52.4. The van der Waals surface area contributed by atoms with Gasteiger partial charge in [-0.05, 0) is 44.4 Å². The molecule has 0 aromatic rings. The molecule has 0 bridgehead atoms. The number of ether oxygens (including phenoxy) is 2. The standard InChI is InChI=1S/C15H25F3O2/c1-10-5-7-15(18,8-6-10)9-20-12-4-3-11(19-2)13(16)14(12)17/h10-14H,3-9H2,1-2H3. The molecule has 0 amide bonds. The van der Waals surface area contributed by atoms with E-state index >= 15 is 0 Å². The maximum atomic E-state index is 14.5. The Bertz CT molecular complexity index is 305. The fourth-order valence-corrected chi connectivity index (χ4v) is 3.16. The van der Waals surface area contributed by atoms with E-state index < -0.39 is 30.2 Å². The summed E-state index contributed by atoms with van der Waals surface area (Å²) in [6, 6.07) is 0. The van der Waals surface area contributed by atoms with Gasteiger partial charge in [0.25, 0.3) is 0 Å². The monoisotopic (exact) mass is 294 g/mol. The fourth-order valence-electron chi connectivity index (χ4n) is 3.16. The number of rotatable bonds is 4. The van der Waals surface area contributed by atoms with E-state index in [9.17, 15) is 13.2 Å². The topological polar surface area (TPSA) is 18.5 Å². The summed E-state index contributed by atoms with van der Waals surface area (Å²) in [6.07, 6.45) is -1.58. The van der Waals surface area contributed by atoms with E-state index in [0.717, 1.165) is 12.8 Å². The number of alkyl halides is 3. The molecule has 0 aromatic carbocycles. The van der Waals surface area contributed by atoms with Crippen molar-refractivity contribution >= 4 is 0 Å². The highest BCUT2D eigenvalue weighted by atomic mass is 19.2. The van der Waals surface area contributed by atoms with Crippen LogP contribution in [0.2, 0.25) is 0 Å². The van der Waals surface area contributed by atoms with Crippen molar-refractivity contribution in [1.82, 2.24) is 0 Å². The largest absolute Gasteiger partial charge is 0.378 e. The van der Waals surface area contributed by atoms with E-state index in [1.807, 2.05) is 0 Å². The van der Waals surface area contributed by atoms with Crippen molar-refractivity contribution in [2.45, 2.75) is 75.7 Å². The van der Waals surface area contributed by atoms with E-state index in [2.05, 4.69) is 6.92 Å². The Morgan fingerprint density at radius 1 is 1.00 bits per heavy atom. The summed E-state index contributed by atoms with van der Waals surface area (Å²) >= 11 is 0. The molecule has 0 radical (unpaired) electrons. The summed E-state index contributed by atoms with van der Waals surface area (Å²) in [4.78, 5) is 0. The van der Waals surface area contributed by atoms with E-state index in [1.54, 1.807) is 0 Å². The van der Waals surface area contributed by atoms with Gasteiger partial charge in [0.2, 0.25) is 0 Å². The molecule has 2 fully saturated rings. The van der Waals surface area contributed by atoms with Gasteiger partial charge < -0.3 is 9.47 Å². The molecule has 5 heteroatoms. The first-order chi connectivity index (χ1) is 9.45. The first kappa shape index (κ1) is 16.1. The summed E-state index contributed by atoms with van der Waals surface area (Å²) in [7, 11) is 1.38. The highest BCUT2D eigenvalue weighted by Crippen LogP contribution is 2.36. The number of methoxy groups -OCH3 is 1. The molecule has 0 saturated heterocycles. The van der Waals surface area contributed by atoms with Gasteiger partial charge in [0.05, 0.1) is 18.8 Å². The van der Waals surface area contributed by atoms with Crippen LogP contribution in [0.1, 0.15) is 45.4 Å². The molecule has 2 rings (SSSR count). The van der Waals surface area contributed by atoms with Gasteiger partial charge in [-0.25, -0.2) is 13.2 Å². The third kappa shape index (κ3) is 3.67. The molecule has 2 nitrogen and oxygen atoms in total. The van der Waals surface area contributed by atoms with Gasteiger partial charge in [0.1, 0.15) is 5.67 Å². The highest BCUT2D eigenvalue weighted by Gasteiger charge is 2.43. The summed E-state index contributed by atoms with van der Waals surface area (Å²) in [5.74, 6) is 0.542. The Balaban J connectivity index is 1.82. The molecular formula is C15H25F3O2. The van der Waals surface area contributed by atoms with Crippen LogP contribution in [0.25, 0.3) is 0 Å². The molecule has 4 atom stereocenters. The van der Waals surface area contributed by atoms with Crippen LogP contribution in [0.3, 0.4) is 0 Å². The maximum Gasteiger partial charge on any atom is 0.160 e. The maximum absolute atomic E-state index is 14.5. The first-order valence-electron chi connectivity index (χ1n) is 7.56. The Morgan fingerprint density at radius 3 is 2.15 bits per heavy atom. The van der Waals surface area contributed by atoms with Gasteiger partial charge in [0, 0.05) is 7.11 Å². The second-order valence-electron chi connectivity index (χ2n) is 6.42. The van der Waals surface area contributed by atoms with Crippen LogP contribution in [0.15, 0.2) is 0 Å². The first-order valence-corrected chi connectivity index (χ1v) is 7.56. The average Bonchev–Trinajstić information content (AvgIpc) is 2.44. The summed E-state index contributed by atoms with van der Waals surface area (Å²) in [5, 5.41) is 0. The van der Waals surface area contributed by atoms with Crippen LogP contribution in [-0.2, 0) is 9.47 Å². The van der Waals surface area contributed by atoms with E-state index in [4.69, 9.17) is 9.47 Å². The molecule has 0 aliphatic heterocycles. The van der Waals surface area contributed by atoms with Crippen LogP contribution in [0.4, 0.5) is 13.2 Å². The van der Waals surface area contributed by atoms with Gasteiger partial charge in [-0.2, -0.15) is 0 Å². The lowest BCUT2D eigenvalue weighted by Crippen LogP contribution is -2.48. The molecular weight excluding hydrogens is 269 g/mol. The molecule has 2 aliphatic rings. The lowest BCUT2D eigenvalue weighted by atomic mass is 9.81. The Hall–Kier alpha value is -0.290. The third-order valence-corrected chi connectivity index (χ3v) is 4.78. The zero-order chi connectivity index (χ0) is 14.8. The molecule has 0 N–H and O–H groups in total. The molecule has 2 saturated carbocycles. The molecule has 0 aromatic heterocycles. The van der Waals surface area contributed by atoms with Gasteiger partial charge >= 0.3 is 0 Å². The minimum Gasteiger partial charge on any atom is -0.378 e. The second-order valence-corrected chi connectivity index (χ2v) is 6.42. The third-order valence-electron chi connectivity index (χ3n) is 4.78. The Morgan fingerprint density at radius 2 is 1.55 bits per heavy atom. The van der Waals surface area contributed by atoms with E-state index in [-0.39, 0.29) is 6.61 Å². The van der Waals surface area contributed by atoms with Gasteiger partial charge in [-0.1, -0.05) is 6.92 Å². The molecule has 0 heterocycles. The Kier molecular flexibility index (Phi) is 5.35. The smallest absolute Gasteiger partial charge is 0.160 e. The SMILES string of the molecule is COC1CCC(OCC2(F)CCC(C)CC2)C(F)C1F. The van der Waals surface area contributed by atoms with Crippen LogP contribution < -0.4 is 0 Å². The normalized spacial score (nSPS) is 46.4. The van der Waals surface area contributed by atoms with Crippen LogP contribution in [0.5, 0.6) is 0 Å². The average molecular weight is 294 g/mol. The van der Waals surface area contributed by atoms with Gasteiger partial charge in [-0.15, -0.1) is 0 Å². The van der Waals surface area contributed by atoms with Crippen LogP contribution in [0, 0.1) is 5.92 Å². The van der Waals surface area contributed by atoms with Crippen LogP contribution in [-0.4, -0.2) is 43.9 Å². The van der Waals surface area contributed by atoms with Crippen molar-refractivity contribution in [3.05, 3.63) is 0 Å². The van der Waals surface area contributed by atoms with Crippen molar-refractivity contribution in [3.63, 3.8) is 0 Å². The second kappa shape index (κ2) is 6.65. The zero-order valence-electron chi connectivity index (χ0n) is 12.3. The summed E-state index contributed by atoms with van der Waals surface area (Å²) in [6.45, 7) is 1.99. The molecule has 20 heavy (non-hydrogen) atoms. The summed E-state index contributed by atoms with van der Waals surface area (Å²) in [5.41, 5.74) is -1.36. The van der Waals surface area contributed by atoms with Gasteiger partial charge in [-0.3, -0.25) is 0 Å². The minimum absolute atomic E-state index is 0.116. The fraction of sp³-hybridized carbons (Fsp3) is 1.00. The van der Waals surface area contributed by atoms with E-state index in [0.29, 0.717) is 31.6 Å². The van der Waals surface area contributed by atoms with Crippen molar-refractivity contribution in [2.75, 3.05) is 13.7 Å². The molecule has 2 aliphatic carbocycles. The van der Waals surface area contributed by atoms with E-state index in [1.165, 1.54) is 7.11 Å².